The molecule has 2 aromatic rings. The molecule has 2 aromatic heterocycles. The van der Waals surface area contributed by atoms with Crippen molar-refractivity contribution >= 4 is 28.1 Å². The topological polar surface area (TPSA) is 43.3 Å². The minimum Gasteiger partial charge on any atom is -0.325 e. The molecule has 2 rings (SSSR count). The van der Waals surface area contributed by atoms with Crippen LogP contribution in [0, 0.1) is 0 Å². The zero-order valence-electron chi connectivity index (χ0n) is 8.77. The Hall–Kier alpha value is -0.520. The molecule has 0 radical (unpaired) electrons. The van der Waals surface area contributed by atoms with E-state index in [0.717, 1.165) is 21.4 Å². The Morgan fingerprint density at radius 3 is 3.20 bits per heavy atom. The van der Waals surface area contributed by atoms with Gasteiger partial charge < -0.3 is 5.73 Å². The lowest BCUT2D eigenvalue weighted by Gasteiger charge is -1.99. The number of nitrogens with zero attached hydrogens (tertiary/aromatic N) is 2. The molecule has 0 fully saturated rings. The van der Waals surface area contributed by atoms with E-state index in [9.17, 15) is 0 Å². The van der Waals surface area contributed by atoms with Gasteiger partial charge in [0, 0.05) is 18.1 Å². The highest BCUT2D eigenvalue weighted by Gasteiger charge is 2.11. The van der Waals surface area contributed by atoms with Crippen molar-refractivity contribution in [3.05, 3.63) is 17.3 Å². The standard InChI is InChI=1S/C10H15N3S2/c1-2-3-5-14-9-8(7-11)13-4-6-15-10(13)12-9/h4,6H,2-3,5,7,11H2,1H3. The van der Waals surface area contributed by atoms with Crippen molar-refractivity contribution in [2.75, 3.05) is 5.75 Å². The van der Waals surface area contributed by atoms with Crippen LogP contribution in [0.25, 0.3) is 4.96 Å². The molecular formula is C10H15N3S2. The highest BCUT2D eigenvalue weighted by molar-refractivity contribution is 7.99. The first-order valence-corrected chi connectivity index (χ1v) is 7.00. The summed E-state index contributed by atoms with van der Waals surface area (Å²) in [5.41, 5.74) is 6.90. The third-order valence-corrected chi connectivity index (χ3v) is 4.10. The second kappa shape index (κ2) is 5.01. The number of hydrogen-bond donors (Lipinski definition) is 1. The smallest absolute Gasteiger partial charge is 0.194 e. The van der Waals surface area contributed by atoms with E-state index in [2.05, 4.69) is 16.3 Å². The molecule has 0 aliphatic heterocycles. The minimum absolute atomic E-state index is 0.562. The van der Waals surface area contributed by atoms with Crippen LogP contribution in [0.4, 0.5) is 0 Å². The predicted molar refractivity (Wildman–Crippen MR) is 66.6 cm³/mol. The van der Waals surface area contributed by atoms with Crippen LogP contribution < -0.4 is 5.73 Å². The third kappa shape index (κ3) is 2.19. The van der Waals surface area contributed by atoms with Crippen LogP contribution in [0.5, 0.6) is 0 Å². The summed E-state index contributed by atoms with van der Waals surface area (Å²) in [6.45, 7) is 2.77. The van der Waals surface area contributed by atoms with Gasteiger partial charge in [-0.1, -0.05) is 13.3 Å². The van der Waals surface area contributed by atoms with E-state index < -0.39 is 0 Å². The summed E-state index contributed by atoms with van der Waals surface area (Å²) in [4.78, 5) is 5.63. The van der Waals surface area contributed by atoms with Crippen LogP contribution in [-0.2, 0) is 6.54 Å². The maximum Gasteiger partial charge on any atom is 0.194 e. The molecule has 0 aromatic carbocycles. The fraction of sp³-hybridized carbons (Fsp3) is 0.500. The number of imidazole rings is 1. The molecule has 5 heteroatoms. The maximum atomic E-state index is 5.76. The molecule has 0 spiro atoms. The summed E-state index contributed by atoms with van der Waals surface area (Å²) >= 11 is 3.48. The van der Waals surface area contributed by atoms with Crippen LogP contribution in [0.2, 0.25) is 0 Å². The molecule has 0 bridgehead atoms. The van der Waals surface area contributed by atoms with Gasteiger partial charge in [-0.2, -0.15) is 0 Å². The monoisotopic (exact) mass is 241 g/mol. The van der Waals surface area contributed by atoms with Gasteiger partial charge in [0.2, 0.25) is 0 Å². The van der Waals surface area contributed by atoms with Crippen LogP contribution in [0.1, 0.15) is 25.5 Å². The lowest BCUT2D eigenvalue weighted by Crippen LogP contribution is -2.01. The first-order chi connectivity index (χ1) is 7.36. The van der Waals surface area contributed by atoms with E-state index in [0.29, 0.717) is 6.54 Å². The third-order valence-electron chi connectivity index (χ3n) is 2.25. The second-order valence-electron chi connectivity index (χ2n) is 3.33. The number of hydrogen-bond acceptors (Lipinski definition) is 4. The molecule has 0 aliphatic rings. The molecule has 0 atom stereocenters. The number of aromatic nitrogens is 2. The van der Waals surface area contributed by atoms with E-state index in [1.807, 2.05) is 23.3 Å². The molecule has 0 amide bonds. The fourth-order valence-corrected chi connectivity index (χ4v) is 3.34. The Morgan fingerprint density at radius 2 is 2.47 bits per heavy atom. The zero-order chi connectivity index (χ0) is 10.7. The Bertz CT molecular complexity index is 433. The van der Waals surface area contributed by atoms with Crippen molar-refractivity contribution in [3.8, 4) is 0 Å². The molecule has 0 saturated carbocycles. The molecule has 0 saturated heterocycles. The van der Waals surface area contributed by atoms with Gasteiger partial charge in [0.1, 0.15) is 5.03 Å². The summed E-state index contributed by atoms with van der Waals surface area (Å²) in [7, 11) is 0. The number of thiazole rings is 1. The summed E-state index contributed by atoms with van der Waals surface area (Å²) in [6, 6.07) is 0. The highest BCUT2D eigenvalue weighted by atomic mass is 32.2. The number of nitrogens with two attached hydrogens (primary N) is 1. The minimum atomic E-state index is 0.562. The Balaban J connectivity index is 2.21. The van der Waals surface area contributed by atoms with Gasteiger partial charge in [0.15, 0.2) is 4.96 Å². The number of unbranched alkanes of at least 4 members (excludes halogenated alkanes) is 1. The molecule has 3 nitrogen and oxygen atoms in total. The van der Waals surface area contributed by atoms with Crippen LogP contribution in [0.15, 0.2) is 16.6 Å². The van der Waals surface area contributed by atoms with E-state index in [-0.39, 0.29) is 0 Å². The highest BCUT2D eigenvalue weighted by Crippen LogP contribution is 2.26. The lowest BCUT2D eigenvalue weighted by molar-refractivity contribution is 0.889. The van der Waals surface area contributed by atoms with Crippen LogP contribution in [0.3, 0.4) is 0 Å². The largest absolute Gasteiger partial charge is 0.325 e. The summed E-state index contributed by atoms with van der Waals surface area (Å²) < 4.78 is 2.10. The number of fused-ring (bicyclic) bond motifs is 1. The molecule has 0 unspecified atom stereocenters. The Morgan fingerprint density at radius 1 is 1.60 bits per heavy atom. The quantitative estimate of drug-likeness (QED) is 0.646. The van der Waals surface area contributed by atoms with Crippen molar-refractivity contribution in [1.29, 1.82) is 0 Å². The van der Waals surface area contributed by atoms with Crippen LogP contribution in [-0.4, -0.2) is 15.1 Å². The SMILES string of the molecule is CCCCSc1nc2sccn2c1CN. The van der Waals surface area contributed by atoms with E-state index in [4.69, 9.17) is 5.73 Å². The normalized spacial score (nSPS) is 11.3. The van der Waals surface area contributed by atoms with Gasteiger partial charge in [-0.15, -0.1) is 23.1 Å². The molecule has 0 aliphatic carbocycles. The summed E-state index contributed by atoms with van der Waals surface area (Å²) in [5.74, 6) is 1.13. The fourth-order valence-electron chi connectivity index (χ4n) is 1.43. The van der Waals surface area contributed by atoms with Crippen molar-refractivity contribution in [2.45, 2.75) is 31.3 Å². The van der Waals surface area contributed by atoms with Gasteiger partial charge in [-0.3, -0.25) is 4.40 Å². The summed E-state index contributed by atoms with van der Waals surface area (Å²) in [6.07, 6.45) is 4.51. The molecule has 2 N–H and O–H groups in total. The van der Waals surface area contributed by atoms with Crippen molar-refractivity contribution < 1.29 is 0 Å². The maximum absolute atomic E-state index is 5.76. The average molecular weight is 241 g/mol. The molecule has 82 valence electrons. The number of rotatable bonds is 5. The van der Waals surface area contributed by atoms with Gasteiger partial charge in [-0.25, -0.2) is 4.98 Å². The van der Waals surface area contributed by atoms with Crippen LogP contribution >= 0.6 is 23.1 Å². The van der Waals surface area contributed by atoms with Gasteiger partial charge in [0.05, 0.1) is 5.69 Å². The van der Waals surface area contributed by atoms with Gasteiger partial charge >= 0.3 is 0 Å². The number of thioether (sulfide) groups is 1. The van der Waals surface area contributed by atoms with Gasteiger partial charge in [0.25, 0.3) is 0 Å². The Labute approximate surface area is 97.7 Å². The predicted octanol–water partition coefficient (Wildman–Crippen LogP) is 2.75. The molecule has 2 heterocycles. The first kappa shape index (κ1) is 11.0. The van der Waals surface area contributed by atoms with E-state index in [1.165, 1.54) is 12.8 Å². The van der Waals surface area contributed by atoms with Crippen molar-refractivity contribution in [3.63, 3.8) is 0 Å². The summed E-state index contributed by atoms with van der Waals surface area (Å²) in [5, 5.41) is 3.15. The van der Waals surface area contributed by atoms with Gasteiger partial charge in [-0.05, 0) is 12.2 Å². The average Bonchev–Trinajstić information content (AvgIpc) is 2.77. The molecular weight excluding hydrogens is 226 g/mol. The van der Waals surface area contributed by atoms with E-state index >= 15 is 0 Å². The van der Waals surface area contributed by atoms with Crippen molar-refractivity contribution in [1.82, 2.24) is 9.38 Å². The first-order valence-electron chi connectivity index (χ1n) is 5.14. The zero-order valence-corrected chi connectivity index (χ0v) is 10.4. The van der Waals surface area contributed by atoms with E-state index in [1.54, 1.807) is 11.3 Å². The Kier molecular flexibility index (Phi) is 3.66. The van der Waals surface area contributed by atoms with Crippen molar-refractivity contribution in [2.24, 2.45) is 5.73 Å². The second-order valence-corrected chi connectivity index (χ2v) is 5.28. The lowest BCUT2D eigenvalue weighted by atomic mass is 10.4. The molecule has 15 heavy (non-hydrogen) atoms.